The molecule has 0 spiro atoms. The molecule has 1 saturated heterocycles. The molecular formula is C16H21ClN4O2. The van der Waals surface area contributed by atoms with Crippen molar-refractivity contribution in [2.45, 2.75) is 31.4 Å². The lowest BCUT2D eigenvalue weighted by molar-refractivity contribution is 0.0888. The average molecular weight is 337 g/mol. The summed E-state index contributed by atoms with van der Waals surface area (Å²) in [7, 11) is 0. The summed E-state index contributed by atoms with van der Waals surface area (Å²) in [5.41, 5.74) is 0.989. The molecule has 7 heteroatoms. The van der Waals surface area contributed by atoms with Crippen LogP contribution >= 0.6 is 11.6 Å². The van der Waals surface area contributed by atoms with Crippen LogP contribution in [0.15, 0.2) is 30.5 Å². The van der Waals surface area contributed by atoms with Gasteiger partial charge in [0.25, 0.3) is 0 Å². The summed E-state index contributed by atoms with van der Waals surface area (Å²) in [6.45, 7) is 2.58. The number of hydrogen-bond acceptors (Lipinski definition) is 5. The second-order valence-electron chi connectivity index (χ2n) is 5.83. The lowest BCUT2D eigenvalue weighted by atomic mass is 9.97. The van der Waals surface area contributed by atoms with Crippen LogP contribution in [-0.4, -0.2) is 45.9 Å². The zero-order chi connectivity index (χ0) is 16.1. The standard InChI is InChI=1S/C16H21ClN4O2/c17-13-3-5-15(6-4-13)23-11-14(22)9-21-10-16(19-20-21)12-2-1-7-18-8-12/h3-6,10,12,14,18,22H,1-2,7-9,11H2. The maximum atomic E-state index is 10.1. The van der Waals surface area contributed by atoms with Gasteiger partial charge in [0.15, 0.2) is 0 Å². The van der Waals surface area contributed by atoms with Gasteiger partial charge >= 0.3 is 0 Å². The van der Waals surface area contributed by atoms with Crippen molar-refractivity contribution in [3.05, 3.63) is 41.2 Å². The zero-order valence-corrected chi connectivity index (χ0v) is 13.6. The first kappa shape index (κ1) is 16.2. The Bertz CT molecular complexity index is 611. The van der Waals surface area contributed by atoms with Crippen LogP contribution in [0.4, 0.5) is 0 Å². The summed E-state index contributed by atoms with van der Waals surface area (Å²) in [4.78, 5) is 0. The fourth-order valence-electron chi connectivity index (χ4n) is 2.69. The van der Waals surface area contributed by atoms with Gasteiger partial charge in [-0.3, -0.25) is 0 Å². The molecule has 0 radical (unpaired) electrons. The highest BCUT2D eigenvalue weighted by molar-refractivity contribution is 6.30. The molecule has 2 unspecified atom stereocenters. The third-order valence-corrected chi connectivity index (χ3v) is 4.18. The average Bonchev–Trinajstić information content (AvgIpc) is 3.04. The molecule has 1 aliphatic heterocycles. The van der Waals surface area contributed by atoms with Crippen LogP contribution in [0.5, 0.6) is 5.75 Å². The topological polar surface area (TPSA) is 72.2 Å². The van der Waals surface area contributed by atoms with Gasteiger partial charge in [-0.25, -0.2) is 4.68 Å². The Morgan fingerprint density at radius 2 is 2.22 bits per heavy atom. The lowest BCUT2D eigenvalue weighted by Crippen LogP contribution is -2.28. The van der Waals surface area contributed by atoms with Crippen LogP contribution in [0.3, 0.4) is 0 Å². The number of nitrogens with zero attached hydrogens (tertiary/aromatic N) is 3. The molecular weight excluding hydrogens is 316 g/mol. The highest BCUT2D eigenvalue weighted by Crippen LogP contribution is 2.20. The van der Waals surface area contributed by atoms with E-state index in [1.165, 1.54) is 0 Å². The number of aliphatic hydroxyl groups excluding tert-OH is 1. The molecule has 2 aromatic rings. The molecule has 23 heavy (non-hydrogen) atoms. The van der Waals surface area contributed by atoms with Crippen molar-refractivity contribution in [2.24, 2.45) is 0 Å². The minimum atomic E-state index is -0.648. The molecule has 0 aliphatic carbocycles. The highest BCUT2D eigenvalue weighted by atomic mass is 35.5. The SMILES string of the molecule is OC(COc1ccc(Cl)cc1)Cn1cc(C2CCCNC2)nn1. The Morgan fingerprint density at radius 1 is 1.39 bits per heavy atom. The number of rotatable bonds is 6. The summed E-state index contributed by atoms with van der Waals surface area (Å²) in [6, 6.07) is 7.06. The van der Waals surface area contributed by atoms with Gasteiger partial charge in [-0.2, -0.15) is 0 Å². The Kier molecular flexibility index (Phi) is 5.48. The maximum absolute atomic E-state index is 10.1. The van der Waals surface area contributed by atoms with Gasteiger partial charge in [0.2, 0.25) is 0 Å². The molecule has 0 amide bonds. The van der Waals surface area contributed by atoms with E-state index in [9.17, 15) is 5.11 Å². The Hall–Kier alpha value is -1.63. The lowest BCUT2D eigenvalue weighted by Gasteiger charge is -2.20. The van der Waals surface area contributed by atoms with Gasteiger partial charge in [0, 0.05) is 23.7 Å². The van der Waals surface area contributed by atoms with Crippen LogP contribution in [0.2, 0.25) is 5.02 Å². The fourth-order valence-corrected chi connectivity index (χ4v) is 2.81. The monoisotopic (exact) mass is 336 g/mol. The molecule has 0 saturated carbocycles. The normalized spacial score (nSPS) is 19.5. The summed E-state index contributed by atoms with van der Waals surface area (Å²) in [6.07, 6.45) is 3.57. The summed E-state index contributed by atoms with van der Waals surface area (Å²) in [5.74, 6) is 1.10. The molecule has 1 fully saturated rings. The molecule has 1 aromatic heterocycles. The van der Waals surface area contributed by atoms with Crippen LogP contribution in [0.1, 0.15) is 24.5 Å². The van der Waals surface area contributed by atoms with Crippen molar-refractivity contribution >= 4 is 11.6 Å². The quantitative estimate of drug-likeness (QED) is 0.842. The second-order valence-corrected chi connectivity index (χ2v) is 6.26. The number of hydrogen-bond donors (Lipinski definition) is 2. The van der Waals surface area contributed by atoms with E-state index in [0.717, 1.165) is 31.6 Å². The molecule has 3 rings (SSSR count). The summed E-state index contributed by atoms with van der Waals surface area (Å²) >= 11 is 5.82. The molecule has 124 valence electrons. The fraction of sp³-hybridized carbons (Fsp3) is 0.500. The first-order valence-corrected chi connectivity index (χ1v) is 8.25. The van der Waals surface area contributed by atoms with Crippen LogP contribution < -0.4 is 10.1 Å². The van der Waals surface area contributed by atoms with Crippen molar-refractivity contribution in [3.63, 3.8) is 0 Å². The van der Waals surface area contributed by atoms with E-state index in [1.807, 2.05) is 6.20 Å². The van der Waals surface area contributed by atoms with E-state index < -0.39 is 6.10 Å². The molecule has 2 heterocycles. The van der Waals surface area contributed by atoms with E-state index in [-0.39, 0.29) is 6.61 Å². The van der Waals surface area contributed by atoms with E-state index in [2.05, 4.69) is 15.6 Å². The molecule has 1 aliphatic rings. The van der Waals surface area contributed by atoms with Gasteiger partial charge < -0.3 is 15.2 Å². The highest BCUT2D eigenvalue weighted by Gasteiger charge is 2.18. The first-order valence-electron chi connectivity index (χ1n) is 7.88. The van der Waals surface area contributed by atoms with E-state index in [0.29, 0.717) is 23.2 Å². The molecule has 6 nitrogen and oxygen atoms in total. The third kappa shape index (κ3) is 4.67. The molecule has 2 atom stereocenters. The third-order valence-electron chi connectivity index (χ3n) is 3.93. The van der Waals surface area contributed by atoms with E-state index >= 15 is 0 Å². The predicted molar refractivity (Wildman–Crippen MR) is 87.8 cm³/mol. The number of aromatic nitrogens is 3. The number of ether oxygens (including phenoxy) is 1. The number of benzene rings is 1. The zero-order valence-electron chi connectivity index (χ0n) is 12.9. The second kappa shape index (κ2) is 7.77. The number of piperidine rings is 1. The Labute approximate surface area is 140 Å². The van der Waals surface area contributed by atoms with Crippen molar-refractivity contribution in [1.82, 2.24) is 20.3 Å². The van der Waals surface area contributed by atoms with Crippen molar-refractivity contribution < 1.29 is 9.84 Å². The smallest absolute Gasteiger partial charge is 0.119 e. The van der Waals surface area contributed by atoms with E-state index in [1.54, 1.807) is 28.9 Å². The van der Waals surface area contributed by atoms with Gasteiger partial charge in [-0.1, -0.05) is 16.8 Å². The van der Waals surface area contributed by atoms with Crippen LogP contribution in [0, 0.1) is 0 Å². The Balaban J connectivity index is 1.48. The molecule has 2 N–H and O–H groups in total. The van der Waals surface area contributed by atoms with Gasteiger partial charge in [-0.15, -0.1) is 5.10 Å². The minimum Gasteiger partial charge on any atom is -0.491 e. The van der Waals surface area contributed by atoms with Gasteiger partial charge in [-0.05, 0) is 43.7 Å². The number of nitrogens with one attached hydrogen (secondary N) is 1. The minimum absolute atomic E-state index is 0.196. The summed E-state index contributed by atoms with van der Waals surface area (Å²) in [5, 5.41) is 22.4. The van der Waals surface area contributed by atoms with Crippen molar-refractivity contribution in [2.75, 3.05) is 19.7 Å². The van der Waals surface area contributed by atoms with E-state index in [4.69, 9.17) is 16.3 Å². The van der Waals surface area contributed by atoms with Gasteiger partial charge in [0.1, 0.15) is 18.5 Å². The van der Waals surface area contributed by atoms with Gasteiger partial charge in [0.05, 0.1) is 12.2 Å². The van der Waals surface area contributed by atoms with Crippen molar-refractivity contribution in [3.8, 4) is 5.75 Å². The molecule has 0 bridgehead atoms. The largest absolute Gasteiger partial charge is 0.491 e. The maximum Gasteiger partial charge on any atom is 0.119 e. The van der Waals surface area contributed by atoms with Crippen LogP contribution in [-0.2, 0) is 6.54 Å². The van der Waals surface area contributed by atoms with Crippen molar-refractivity contribution in [1.29, 1.82) is 0 Å². The first-order chi connectivity index (χ1) is 11.2. The number of halogens is 1. The van der Waals surface area contributed by atoms with Crippen LogP contribution in [0.25, 0.3) is 0 Å². The summed E-state index contributed by atoms with van der Waals surface area (Å²) < 4.78 is 7.22. The predicted octanol–water partition coefficient (Wildman–Crippen LogP) is 1.84. The molecule has 1 aromatic carbocycles. The Morgan fingerprint density at radius 3 is 2.96 bits per heavy atom. The number of aliphatic hydroxyl groups is 1.